The van der Waals surface area contributed by atoms with Crippen LogP contribution in [0.15, 0.2) is 42.5 Å². The lowest BCUT2D eigenvalue weighted by atomic mass is 10.1. The molecule has 0 aromatic heterocycles. The molecule has 2 amide bonds. The Morgan fingerprint density at radius 1 is 1.12 bits per heavy atom. The zero-order chi connectivity index (χ0) is 18.0. The molecule has 25 heavy (non-hydrogen) atoms. The predicted molar refractivity (Wildman–Crippen MR) is 99.4 cm³/mol. The summed E-state index contributed by atoms with van der Waals surface area (Å²) in [5.41, 5.74) is 5.42. The van der Waals surface area contributed by atoms with Crippen LogP contribution in [0.3, 0.4) is 0 Å². The lowest BCUT2D eigenvalue weighted by Gasteiger charge is -2.20. The van der Waals surface area contributed by atoms with Gasteiger partial charge in [-0.1, -0.05) is 42.0 Å². The van der Waals surface area contributed by atoms with E-state index in [9.17, 15) is 9.59 Å². The molecule has 1 fully saturated rings. The molecular weight excluding hydrogens is 312 g/mol. The second kappa shape index (κ2) is 7.09. The highest BCUT2D eigenvalue weighted by atomic mass is 16.2. The van der Waals surface area contributed by atoms with Crippen LogP contribution < -0.4 is 10.2 Å². The summed E-state index contributed by atoms with van der Waals surface area (Å²) in [4.78, 5) is 26.6. The van der Waals surface area contributed by atoms with E-state index >= 15 is 0 Å². The molecule has 0 spiro atoms. The normalized spacial score (nSPS) is 17.0. The lowest BCUT2D eigenvalue weighted by Crippen LogP contribution is -2.32. The minimum absolute atomic E-state index is 0.0178. The molecule has 0 radical (unpaired) electrons. The topological polar surface area (TPSA) is 49.4 Å². The monoisotopic (exact) mass is 336 g/mol. The van der Waals surface area contributed by atoms with Crippen molar-refractivity contribution < 1.29 is 9.59 Å². The third-order valence-electron chi connectivity index (χ3n) is 4.95. The van der Waals surface area contributed by atoms with Gasteiger partial charge in [-0.15, -0.1) is 0 Å². The average molecular weight is 336 g/mol. The van der Waals surface area contributed by atoms with Crippen molar-refractivity contribution in [2.45, 2.75) is 33.7 Å². The largest absolute Gasteiger partial charge is 0.352 e. The summed E-state index contributed by atoms with van der Waals surface area (Å²) in [6.07, 6.45) is 0.271. The van der Waals surface area contributed by atoms with Crippen LogP contribution in [0.1, 0.15) is 28.7 Å². The molecule has 1 atom stereocenters. The Morgan fingerprint density at radius 3 is 2.56 bits per heavy atom. The van der Waals surface area contributed by atoms with E-state index < -0.39 is 0 Å². The molecular formula is C21H24N2O2. The number of nitrogens with zero attached hydrogens (tertiary/aromatic N) is 1. The Hall–Kier alpha value is -2.62. The number of carbonyl (C=O) groups excluding carboxylic acids is 2. The van der Waals surface area contributed by atoms with E-state index in [2.05, 4.69) is 5.32 Å². The molecule has 1 aliphatic heterocycles. The van der Waals surface area contributed by atoms with Crippen molar-refractivity contribution in [2.75, 3.05) is 11.4 Å². The van der Waals surface area contributed by atoms with Gasteiger partial charge in [0.25, 0.3) is 0 Å². The molecule has 3 rings (SSSR count). The first-order chi connectivity index (χ1) is 12.0. The average Bonchev–Trinajstić information content (AvgIpc) is 2.98. The fraction of sp³-hybridized carbons (Fsp3) is 0.333. The number of hydrogen-bond acceptors (Lipinski definition) is 2. The molecule has 130 valence electrons. The SMILES string of the molecule is Cc1ccc(CNC(=O)C2CC(=O)N(c3cccc(C)c3C)C2)cc1. The number of rotatable bonds is 4. The van der Waals surface area contributed by atoms with Crippen molar-refractivity contribution in [3.05, 3.63) is 64.7 Å². The molecule has 1 N–H and O–H groups in total. The van der Waals surface area contributed by atoms with Crippen LogP contribution >= 0.6 is 0 Å². The van der Waals surface area contributed by atoms with Gasteiger partial charge in [-0.3, -0.25) is 9.59 Å². The lowest BCUT2D eigenvalue weighted by molar-refractivity contribution is -0.126. The molecule has 1 saturated heterocycles. The van der Waals surface area contributed by atoms with Crippen molar-refractivity contribution in [3.8, 4) is 0 Å². The van der Waals surface area contributed by atoms with Gasteiger partial charge >= 0.3 is 0 Å². The number of benzene rings is 2. The van der Waals surface area contributed by atoms with Crippen molar-refractivity contribution in [1.29, 1.82) is 0 Å². The third kappa shape index (κ3) is 3.73. The molecule has 1 unspecified atom stereocenters. The minimum atomic E-state index is -0.294. The van der Waals surface area contributed by atoms with Crippen LogP contribution in [0, 0.1) is 26.7 Å². The summed E-state index contributed by atoms with van der Waals surface area (Å²) in [5.74, 6) is -0.330. The highest BCUT2D eigenvalue weighted by Crippen LogP contribution is 2.29. The summed E-state index contributed by atoms with van der Waals surface area (Å²) in [5, 5.41) is 2.96. The number of amides is 2. The Bertz CT molecular complexity index is 796. The van der Waals surface area contributed by atoms with Crippen molar-refractivity contribution in [1.82, 2.24) is 5.32 Å². The van der Waals surface area contributed by atoms with Crippen molar-refractivity contribution >= 4 is 17.5 Å². The third-order valence-corrected chi connectivity index (χ3v) is 4.95. The Labute approximate surface area is 148 Å². The first kappa shape index (κ1) is 17.2. The molecule has 4 heteroatoms. The van der Waals surface area contributed by atoms with Gasteiger partial charge in [-0.2, -0.15) is 0 Å². The van der Waals surface area contributed by atoms with E-state index in [1.165, 1.54) is 5.56 Å². The van der Waals surface area contributed by atoms with Gasteiger partial charge in [0, 0.05) is 25.2 Å². The summed E-state index contributed by atoms with van der Waals surface area (Å²) in [7, 11) is 0. The highest BCUT2D eigenvalue weighted by Gasteiger charge is 2.35. The summed E-state index contributed by atoms with van der Waals surface area (Å²) < 4.78 is 0. The maximum Gasteiger partial charge on any atom is 0.227 e. The minimum Gasteiger partial charge on any atom is -0.352 e. The fourth-order valence-electron chi connectivity index (χ4n) is 3.18. The van der Waals surface area contributed by atoms with E-state index in [0.29, 0.717) is 13.1 Å². The number of nitrogens with one attached hydrogen (secondary N) is 1. The van der Waals surface area contributed by atoms with Crippen LogP contribution in [0.5, 0.6) is 0 Å². The molecule has 4 nitrogen and oxygen atoms in total. The van der Waals surface area contributed by atoms with E-state index in [-0.39, 0.29) is 24.2 Å². The Balaban J connectivity index is 1.64. The van der Waals surface area contributed by atoms with Gasteiger partial charge in [-0.05, 0) is 43.5 Å². The molecule has 2 aromatic rings. The first-order valence-electron chi connectivity index (χ1n) is 8.65. The Morgan fingerprint density at radius 2 is 1.84 bits per heavy atom. The van der Waals surface area contributed by atoms with Gasteiger partial charge in [0.05, 0.1) is 5.92 Å². The predicted octanol–water partition coefficient (Wildman–Crippen LogP) is 3.28. The first-order valence-corrected chi connectivity index (χ1v) is 8.65. The molecule has 0 bridgehead atoms. The summed E-state index contributed by atoms with van der Waals surface area (Å²) >= 11 is 0. The summed E-state index contributed by atoms with van der Waals surface area (Å²) in [6.45, 7) is 7.03. The van der Waals surface area contributed by atoms with Gasteiger partial charge in [0.2, 0.25) is 11.8 Å². The van der Waals surface area contributed by atoms with E-state index in [0.717, 1.165) is 22.4 Å². The van der Waals surface area contributed by atoms with Crippen LogP contribution in [0.2, 0.25) is 0 Å². The second-order valence-corrected chi connectivity index (χ2v) is 6.83. The van der Waals surface area contributed by atoms with E-state index in [4.69, 9.17) is 0 Å². The van der Waals surface area contributed by atoms with Crippen molar-refractivity contribution in [2.24, 2.45) is 5.92 Å². The van der Waals surface area contributed by atoms with Crippen molar-refractivity contribution in [3.63, 3.8) is 0 Å². The molecule has 2 aromatic carbocycles. The number of hydrogen-bond donors (Lipinski definition) is 1. The number of anilines is 1. The van der Waals surface area contributed by atoms with Gasteiger partial charge in [0.15, 0.2) is 0 Å². The number of carbonyl (C=O) groups is 2. The molecule has 1 aliphatic rings. The maximum absolute atomic E-state index is 12.5. The molecule has 0 saturated carbocycles. The zero-order valence-electron chi connectivity index (χ0n) is 15.0. The fourth-order valence-corrected chi connectivity index (χ4v) is 3.18. The van der Waals surface area contributed by atoms with Crippen LogP contribution in [0.4, 0.5) is 5.69 Å². The van der Waals surface area contributed by atoms with Crippen LogP contribution in [0.25, 0.3) is 0 Å². The van der Waals surface area contributed by atoms with Gasteiger partial charge in [-0.25, -0.2) is 0 Å². The standard InChI is InChI=1S/C21H24N2O2/c1-14-7-9-17(10-8-14)12-22-21(25)18-11-20(24)23(13-18)19-6-4-5-15(2)16(19)3/h4-10,18H,11-13H2,1-3H3,(H,22,25). The van der Waals surface area contributed by atoms with Crippen LogP contribution in [-0.4, -0.2) is 18.4 Å². The molecule has 0 aliphatic carbocycles. The quantitative estimate of drug-likeness (QED) is 0.931. The second-order valence-electron chi connectivity index (χ2n) is 6.83. The van der Waals surface area contributed by atoms with E-state index in [1.807, 2.05) is 63.2 Å². The smallest absolute Gasteiger partial charge is 0.227 e. The molecule has 1 heterocycles. The Kier molecular flexibility index (Phi) is 4.88. The van der Waals surface area contributed by atoms with E-state index in [1.54, 1.807) is 4.90 Å². The maximum atomic E-state index is 12.5. The van der Waals surface area contributed by atoms with Crippen LogP contribution in [-0.2, 0) is 16.1 Å². The highest BCUT2D eigenvalue weighted by molar-refractivity contribution is 6.00. The zero-order valence-corrected chi connectivity index (χ0v) is 15.0. The van der Waals surface area contributed by atoms with Gasteiger partial charge in [0.1, 0.15) is 0 Å². The number of aryl methyl sites for hydroxylation is 2. The summed E-state index contributed by atoms with van der Waals surface area (Å²) in [6, 6.07) is 14.0. The van der Waals surface area contributed by atoms with Gasteiger partial charge < -0.3 is 10.2 Å².